The molecule has 0 radical (unpaired) electrons. The fraction of sp³-hybridized carbons (Fsp3) is 0.0526. The Labute approximate surface area is 142 Å². The number of para-hydroxylation sites is 1. The number of hydrogen-bond acceptors (Lipinski definition) is 4. The maximum atomic E-state index is 12.4. The molecule has 4 rings (SSSR count). The number of allylic oxidation sites excluding steroid dienone is 1. The first-order chi connectivity index (χ1) is 11.6. The molecule has 0 saturated heterocycles. The Kier molecular flexibility index (Phi) is 3.43. The van der Waals surface area contributed by atoms with Crippen LogP contribution in [0.2, 0.25) is 0 Å². The number of benzene rings is 2. The zero-order valence-corrected chi connectivity index (χ0v) is 13.7. The van der Waals surface area contributed by atoms with Crippen molar-refractivity contribution in [1.29, 1.82) is 0 Å². The van der Waals surface area contributed by atoms with Gasteiger partial charge in [-0.1, -0.05) is 41.7 Å². The summed E-state index contributed by atoms with van der Waals surface area (Å²) in [5.74, 6) is -0.0409. The van der Waals surface area contributed by atoms with E-state index in [0.29, 0.717) is 10.6 Å². The van der Waals surface area contributed by atoms with Crippen LogP contribution in [-0.2, 0) is 0 Å². The number of thiazole rings is 1. The number of fused-ring (bicyclic) bond motifs is 1. The van der Waals surface area contributed by atoms with Crippen molar-refractivity contribution in [2.75, 3.05) is 0 Å². The Morgan fingerprint density at radius 2 is 2.00 bits per heavy atom. The van der Waals surface area contributed by atoms with Crippen molar-refractivity contribution in [2.24, 2.45) is 4.99 Å². The van der Waals surface area contributed by atoms with Gasteiger partial charge in [0.1, 0.15) is 0 Å². The molecule has 1 aliphatic heterocycles. The summed E-state index contributed by atoms with van der Waals surface area (Å²) >= 11 is 1.02. The number of nitrogens with zero attached hydrogens (tertiary/aromatic N) is 2. The molecule has 5 heteroatoms. The Morgan fingerprint density at radius 1 is 1.17 bits per heavy atom. The number of aryl methyl sites for hydroxylation is 1. The van der Waals surface area contributed by atoms with Crippen LogP contribution in [-0.4, -0.2) is 15.9 Å². The smallest absolute Gasteiger partial charge is 0.315 e. The maximum Gasteiger partial charge on any atom is 0.315 e. The number of aliphatic imine (C=N–C) groups is 1. The van der Waals surface area contributed by atoms with Crippen LogP contribution in [0.4, 0.5) is 5.69 Å². The molecule has 2 heterocycles. The molecule has 1 aliphatic rings. The lowest BCUT2D eigenvalue weighted by atomic mass is 10.1. The third-order valence-corrected chi connectivity index (χ3v) is 4.79. The zero-order chi connectivity index (χ0) is 16.7. The van der Waals surface area contributed by atoms with Gasteiger partial charge in [-0.2, -0.15) is 0 Å². The highest BCUT2D eigenvalue weighted by Gasteiger charge is 2.17. The van der Waals surface area contributed by atoms with Crippen LogP contribution in [0.15, 0.2) is 58.3 Å². The van der Waals surface area contributed by atoms with Gasteiger partial charge >= 0.3 is 4.87 Å². The molecule has 0 aliphatic carbocycles. The second kappa shape index (κ2) is 5.62. The Balaban J connectivity index is 1.83. The topological polar surface area (TPSA) is 54.6 Å². The predicted molar refractivity (Wildman–Crippen MR) is 98.8 cm³/mol. The van der Waals surface area contributed by atoms with Crippen LogP contribution in [0.3, 0.4) is 0 Å². The Morgan fingerprint density at radius 3 is 2.83 bits per heavy atom. The highest BCUT2D eigenvalue weighted by molar-refractivity contribution is 7.10. The monoisotopic (exact) mass is 334 g/mol. The molecule has 0 atom stereocenters. The second-order valence-electron chi connectivity index (χ2n) is 5.61. The van der Waals surface area contributed by atoms with E-state index in [9.17, 15) is 9.90 Å². The lowest BCUT2D eigenvalue weighted by Gasteiger charge is -2.04. The van der Waals surface area contributed by atoms with Crippen LogP contribution in [0.1, 0.15) is 16.0 Å². The minimum absolute atomic E-state index is 0.0409. The molecular weight excluding hydrogens is 320 g/mol. The first-order valence-corrected chi connectivity index (χ1v) is 8.32. The van der Waals surface area contributed by atoms with Gasteiger partial charge in [0, 0.05) is 17.4 Å². The largest absolute Gasteiger partial charge is 0.493 e. The molecule has 0 fully saturated rings. The van der Waals surface area contributed by atoms with E-state index in [1.165, 1.54) is 4.57 Å². The highest BCUT2D eigenvalue weighted by Crippen LogP contribution is 2.34. The molecule has 2 aromatic carbocycles. The number of rotatable bonds is 2. The van der Waals surface area contributed by atoms with E-state index in [1.807, 2.05) is 61.5 Å². The van der Waals surface area contributed by atoms with Crippen molar-refractivity contribution in [3.05, 3.63) is 74.2 Å². The summed E-state index contributed by atoms with van der Waals surface area (Å²) in [4.78, 5) is 17.0. The van der Waals surface area contributed by atoms with Crippen LogP contribution in [0.25, 0.3) is 17.3 Å². The lowest BCUT2D eigenvalue weighted by molar-refractivity contribution is 0.440. The van der Waals surface area contributed by atoms with Crippen molar-refractivity contribution >= 4 is 34.9 Å². The average Bonchev–Trinajstić information content (AvgIpc) is 3.09. The van der Waals surface area contributed by atoms with Crippen LogP contribution < -0.4 is 4.87 Å². The molecule has 1 aromatic heterocycles. The third kappa shape index (κ3) is 2.39. The summed E-state index contributed by atoms with van der Waals surface area (Å²) in [7, 11) is 0. The molecule has 0 unspecified atom stereocenters. The fourth-order valence-corrected chi connectivity index (χ4v) is 3.61. The SMILES string of the molecule is Cc1cccc(-n2c(O)c(C=C3C=Nc4ccccc43)sc2=O)c1. The lowest BCUT2D eigenvalue weighted by Crippen LogP contribution is -2.09. The quantitative estimate of drug-likeness (QED) is 0.765. The molecule has 0 bridgehead atoms. The molecule has 1 N–H and O–H groups in total. The van der Waals surface area contributed by atoms with Gasteiger partial charge in [0.25, 0.3) is 0 Å². The summed E-state index contributed by atoms with van der Waals surface area (Å²) in [6.45, 7) is 1.95. The van der Waals surface area contributed by atoms with Crippen LogP contribution >= 0.6 is 11.3 Å². The molecule has 0 spiro atoms. The van der Waals surface area contributed by atoms with E-state index >= 15 is 0 Å². The standard InChI is InChI=1S/C19H14N2O2S/c1-12-5-4-6-14(9-12)21-18(22)17(24-19(21)23)10-13-11-20-16-8-3-2-7-15(13)16/h2-11,22H,1H3. The fourth-order valence-electron chi connectivity index (χ4n) is 2.77. The van der Waals surface area contributed by atoms with E-state index in [1.54, 1.807) is 6.21 Å². The molecule has 118 valence electrons. The molecule has 4 nitrogen and oxygen atoms in total. The van der Waals surface area contributed by atoms with Gasteiger partial charge in [-0.3, -0.25) is 9.79 Å². The minimum atomic E-state index is -0.215. The van der Waals surface area contributed by atoms with E-state index in [0.717, 1.165) is 33.7 Å². The summed E-state index contributed by atoms with van der Waals surface area (Å²) < 4.78 is 1.34. The predicted octanol–water partition coefficient (Wildman–Crippen LogP) is 4.17. The third-order valence-electron chi connectivity index (χ3n) is 3.92. The van der Waals surface area contributed by atoms with Gasteiger partial charge in [0.15, 0.2) is 0 Å². The van der Waals surface area contributed by atoms with Gasteiger partial charge in [-0.05, 0) is 36.8 Å². The number of aromatic nitrogens is 1. The van der Waals surface area contributed by atoms with Crippen molar-refractivity contribution in [1.82, 2.24) is 4.57 Å². The summed E-state index contributed by atoms with van der Waals surface area (Å²) in [5.41, 5.74) is 4.48. The number of hydrogen-bond donors (Lipinski definition) is 1. The van der Waals surface area contributed by atoms with E-state index < -0.39 is 0 Å². The normalized spacial score (nSPS) is 14.3. The van der Waals surface area contributed by atoms with Gasteiger partial charge in [-0.15, -0.1) is 0 Å². The maximum absolute atomic E-state index is 12.4. The molecule has 0 amide bonds. The molecule has 3 aromatic rings. The summed E-state index contributed by atoms with van der Waals surface area (Å²) in [5, 5.41) is 10.5. The van der Waals surface area contributed by atoms with Crippen LogP contribution in [0, 0.1) is 6.92 Å². The molecule has 24 heavy (non-hydrogen) atoms. The summed E-state index contributed by atoms with van der Waals surface area (Å²) in [6, 6.07) is 15.3. The van der Waals surface area contributed by atoms with Crippen molar-refractivity contribution in [3.63, 3.8) is 0 Å². The van der Waals surface area contributed by atoms with Gasteiger partial charge in [0.2, 0.25) is 5.88 Å². The van der Waals surface area contributed by atoms with Crippen molar-refractivity contribution in [3.8, 4) is 11.6 Å². The average molecular weight is 334 g/mol. The van der Waals surface area contributed by atoms with Crippen molar-refractivity contribution in [2.45, 2.75) is 6.92 Å². The van der Waals surface area contributed by atoms with E-state index in [2.05, 4.69) is 4.99 Å². The van der Waals surface area contributed by atoms with Crippen LogP contribution in [0.5, 0.6) is 5.88 Å². The first kappa shape index (κ1) is 14.7. The summed E-state index contributed by atoms with van der Waals surface area (Å²) in [6.07, 6.45) is 3.56. The minimum Gasteiger partial charge on any atom is -0.493 e. The van der Waals surface area contributed by atoms with Gasteiger partial charge < -0.3 is 5.11 Å². The van der Waals surface area contributed by atoms with E-state index in [4.69, 9.17) is 0 Å². The molecular formula is C19H14N2O2S. The number of aromatic hydroxyl groups is 1. The van der Waals surface area contributed by atoms with E-state index in [-0.39, 0.29) is 10.8 Å². The van der Waals surface area contributed by atoms with Crippen molar-refractivity contribution < 1.29 is 5.11 Å². The molecule has 0 saturated carbocycles. The highest BCUT2D eigenvalue weighted by atomic mass is 32.1. The first-order valence-electron chi connectivity index (χ1n) is 7.50. The second-order valence-corrected chi connectivity index (χ2v) is 6.60. The zero-order valence-electron chi connectivity index (χ0n) is 12.9. The van der Waals surface area contributed by atoms with Gasteiger partial charge in [0.05, 0.1) is 16.3 Å². The van der Waals surface area contributed by atoms with Gasteiger partial charge in [-0.25, -0.2) is 4.57 Å². The Bertz CT molecular complexity index is 1060. The Hall–Kier alpha value is -2.92.